The Kier molecular flexibility index (Phi) is 5.28. The normalized spacial score (nSPS) is 18.5. The lowest BCUT2D eigenvalue weighted by atomic mass is 10.0. The Bertz CT molecular complexity index is 864. The second kappa shape index (κ2) is 7.85. The van der Waals surface area contributed by atoms with Crippen LogP contribution in [-0.4, -0.2) is 60.3 Å². The zero-order valence-corrected chi connectivity index (χ0v) is 16.1. The minimum Gasteiger partial charge on any atom is -0.347 e. The molecule has 0 aliphatic carbocycles. The van der Waals surface area contributed by atoms with E-state index in [1.54, 1.807) is 11.1 Å². The molecule has 0 bridgehead atoms. The number of aromatic nitrogens is 1. The number of fused-ring (bicyclic) bond motifs is 1. The number of pyridine rings is 1. The van der Waals surface area contributed by atoms with Gasteiger partial charge in [-0.05, 0) is 12.1 Å². The molecule has 28 heavy (non-hydrogen) atoms. The van der Waals surface area contributed by atoms with Crippen LogP contribution < -0.4 is 4.90 Å². The van der Waals surface area contributed by atoms with Crippen LogP contribution in [0.3, 0.4) is 0 Å². The second-order valence-electron chi connectivity index (χ2n) is 7.26. The fourth-order valence-electron chi connectivity index (χ4n) is 4.00. The molecular formula is C21H25N3O4. The summed E-state index contributed by atoms with van der Waals surface area (Å²) >= 11 is 0. The number of hydrogen-bond donors (Lipinski definition) is 0. The van der Waals surface area contributed by atoms with E-state index in [0.717, 1.165) is 16.6 Å². The lowest BCUT2D eigenvalue weighted by Gasteiger charge is -2.37. The number of rotatable bonds is 4. The van der Waals surface area contributed by atoms with E-state index in [2.05, 4.69) is 4.98 Å². The first-order valence-electron chi connectivity index (χ1n) is 9.76. The summed E-state index contributed by atoms with van der Waals surface area (Å²) in [4.78, 5) is 32.9. The van der Waals surface area contributed by atoms with Crippen molar-refractivity contribution in [3.8, 4) is 0 Å². The smallest absolute Gasteiger partial charge is 0.224 e. The van der Waals surface area contributed by atoms with Crippen molar-refractivity contribution in [3.05, 3.63) is 36.5 Å². The molecule has 0 N–H and O–H groups in total. The highest BCUT2D eigenvalue weighted by atomic mass is 16.7. The van der Waals surface area contributed by atoms with Gasteiger partial charge in [-0.3, -0.25) is 14.6 Å². The summed E-state index contributed by atoms with van der Waals surface area (Å²) < 4.78 is 11.4. The average molecular weight is 383 g/mol. The fourth-order valence-corrected chi connectivity index (χ4v) is 4.00. The molecule has 2 aliphatic heterocycles. The molecule has 7 nitrogen and oxygen atoms in total. The molecule has 0 saturated carbocycles. The largest absolute Gasteiger partial charge is 0.347 e. The summed E-state index contributed by atoms with van der Waals surface area (Å²) in [6.45, 7) is 4.34. The summed E-state index contributed by atoms with van der Waals surface area (Å²) in [6, 6.07) is 9.58. The molecule has 2 aromatic rings. The quantitative estimate of drug-likeness (QED) is 0.810. The van der Waals surface area contributed by atoms with Gasteiger partial charge in [-0.1, -0.05) is 18.2 Å². The summed E-state index contributed by atoms with van der Waals surface area (Å²) in [5.74, 6) is -0.541. The number of likely N-dealkylation sites (tertiary alicyclic amines) is 1. The number of ether oxygens (including phenoxy) is 2. The first kappa shape index (κ1) is 18.8. The Morgan fingerprint density at radius 2 is 1.86 bits per heavy atom. The van der Waals surface area contributed by atoms with E-state index in [9.17, 15) is 9.59 Å². The number of amides is 2. The van der Waals surface area contributed by atoms with Gasteiger partial charge in [0.1, 0.15) is 0 Å². The topological polar surface area (TPSA) is 72.0 Å². The van der Waals surface area contributed by atoms with Crippen molar-refractivity contribution in [1.29, 1.82) is 0 Å². The number of para-hydroxylation sites is 1. The molecule has 4 rings (SSSR count). The number of nitrogens with zero attached hydrogens (tertiary/aromatic N) is 3. The minimum absolute atomic E-state index is 0.0484. The Morgan fingerprint density at radius 3 is 2.57 bits per heavy atom. The van der Waals surface area contributed by atoms with E-state index in [4.69, 9.17) is 9.47 Å². The third-order valence-electron chi connectivity index (χ3n) is 5.52. The zero-order valence-electron chi connectivity index (χ0n) is 16.1. The molecular weight excluding hydrogens is 358 g/mol. The number of hydrogen-bond acceptors (Lipinski definition) is 5. The molecule has 2 amide bonds. The van der Waals surface area contributed by atoms with Gasteiger partial charge in [0.25, 0.3) is 0 Å². The maximum atomic E-state index is 12.7. The highest BCUT2D eigenvalue weighted by Gasteiger charge is 2.40. The van der Waals surface area contributed by atoms with Crippen LogP contribution in [-0.2, 0) is 19.1 Å². The molecule has 0 atom stereocenters. The maximum Gasteiger partial charge on any atom is 0.224 e. The Morgan fingerprint density at radius 1 is 1.14 bits per heavy atom. The van der Waals surface area contributed by atoms with Crippen LogP contribution in [0, 0.1) is 0 Å². The van der Waals surface area contributed by atoms with E-state index in [0.29, 0.717) is 45.7 Å². The van der Waals surface area contributed by atoms with Crippen LogP contribution in [0.1, 0.15) is 26.2 Å². The number of piperidine rings is 1. The van der Waals surface area contributed by atoms with Gasteiger partial charge in [-0.25, -0.2) is 0 Å². The van der Waals surface area contributed by atoms with E-state index >= 15 is 0 Å². The van der Waals surface area contributed by atoms with Gasteiger partial charge in [0.2, 0.25) is 11.8 Å². The van der Waals surface area contributed by atoms with Crippen molar-refractivity contribution in [2.45, 2.75) is 32.0 Å². The monoisotopic (exact) mass is 383 g/mol. The zero-order chi connectivity index (χ0) is 19.6. The van der Waals surface area contributed by atoms with Gasteiger partial charge < -0.3 is 19.3 Å². The highest BCUT2D eigenvalue weighted by molar-refractivity contribution is 6.01. The third-order valence-corrected chi connectivity index (χ3v) is 5.52. The van der Waals surface area contributed by atoms with E-state index in [1.807, 2.05) is 35.2 Å². The fraction of sp³-hybridized carbons (Fsp3) is 0.476. The van der Waals surface area contributed by atoms with Crippen molar-refractivity contribution in [3.63, 3.8) is 0 Å². The van der Waals surface area contributed by atoms with E-state index < -0.39 is 5.79 Å². The Labute approximate surface area is 164 Å². The first-order chi connectivity index (χ1) is 13.6. The minimum atomic E-state index is -0.489. The van der Waals surface area contributed by atoms with Crippen molar-refractivity contribution in [2.75, 3.05) is 37.7 Å². The van der Waals surface area contributed by atoms with Crippen LogP contribution in [0.2, 0.25) is 0 Å². The van der Waals surface area contributed by atoms with Gasteiger partial charge in [0, 0.05) is 57.4 Å². The van der Waals surface area contributed by atoms with E-state index in [-0.39, 0.29) is 18.2 Å². The summed E-state index contributed by atoms with van der Waals surface area (Å²) in [7, 11) is 0. The molecule has 3 heterocycles. The Balaban J connectivity index is 1.42. The van der Waals surface area contributed by atoms with Crippen molar-refractivity contribution < 1.29 is 19.1 Å². The summed E-state index contributed by atoms with van der Waals surface area (Å²) in [5.41, 5.74) is 1.51. The number of benzene rings is 1. The summed E-state index contributed by atoms with van der Waals surface area (Å²) in [6.07, 6.45) is 3.38. The predicted octanol–water partition coefficient (Wildman–Crippen LogP) is 2.34. The average Bonchev–Trinajstić information content (AvgIpc) is 3.16. The van der Waals surface area contributed by atoms with Crippen LogP contribution in [0.25, 0.3) is 10.9 Å². The molecule has 0 radical (unpaired) electrons. The summed E-state index contributed by atoms with van der Waals surface area (Å²) in [5, 5.41) is 0.968. The molecule has 7 heteroatoms. The highest BCUT2D eigenvalue weighted by Crippen LogP contribution is 2.31. The SMILES string of the molecule is CC(=O)N(CCC(=O)N1CCC2(CC1)OCCO2)c1cccc2cccnc12. The molecule has 1 aromatic carbocycles. The molecule has 1 aromatic heterocycles. The molecule has 0 unspecified atom stereocenters. The lowest BCUT2D eigenvalue weighted by molar-refractivity contribution is -0.187. The molecule has 2 aliphatic rings. The van der Waals surface area contributed by atoms with Crippen molar-refractivity contribution >= 4 is 28.4 Å². The van der Waals surface area contributed by atoms with Crippen LogP contribution in [0.15, 0.2) is 36.5 Å². The Hall–Kier alpha value is -2.51. The molecule has 148 valence electrons. The number of anilines is 1. The van der Waals surface area contributed by atoms with Crippen molar-refractivity contribution in [2.24, 2.45) is 0 Å². The van der Waals surface area contributed by atoms with Gasteiger partial charge in [-0.15, -0.1) is 0 Å². The maximum absolute atomic E-state index is 12.7. The van der Waals surface area contributed by atoms with Crippen LogP contribution in [0.4, 0.5) is 5.69 Å². The lowest BCUT2D eigenvalue weighted by Crippen LogP contribution is -2.48. The molecule has 2 saturated heterocycles. The van der Waals surface area contributed by atoms with Gasteiger partial charge >= 0.3 is 0 Å². The standard InChI is InChI=1S/C21H25N3O4/c1-16(25)24(18-6-2-4-17-5-3-10-22-20(17)18)11-7-19(26)23-12-8-21(9-13-23)27-14-15-28-21/h2-6,10H,7-9,11-15H2,1H3. The van der Waals surface area contributed by atoms with Crippen LogP contribution >= 0.6 is 0 Å². The predicted molar refractivity (Wildman–Crippen MR) is 105 cm³/mol. The number of carbonyl (C=O) groups excluding carboxylic acids is 2. The third kappa shape index (κ3) is 3.72. The van der Waals surface area contributed by atoms with Gasteiger partial charge in [0.15, 0.2) is 5.79 Å². The first-order valence-corrected chi connectivity index (χ1v) is 9.76. The molecule has 1 spiro atoms. The van der Waals surface area contributed by atoms with Crippen LogP contribution in [0.5, 0.6) is 0 Å². The van der Waals surface area contributed by atoms with Crippen molar-refractivity contribution in [1.82, 2.24) is 9.88 Å². The van der Waals surface area contributed by atoms with Gasteiger partial charge in [0.05, 0.1) is 24.4 Å². The van der Waals surface area contributed by atoms with Gasteiger partial charge in [-0.2, -0.15) is 0 Å². The van der Waals surface area contributed by atoms with E-state index in [1.165, 1.54) is 6.92 Å². The second-order valence-corrected chi connectivity index (χ2v) is 7.26. The number of carbonyl (C=O) groups is 2. The molecule has 2 fully saturated rings.